The number of carbonyl (C=O) groups is 1. The number of anilines is 1. The molecule has 1 aromatic rings. The molecule has 104 valence electrons. The molecule has 1 amide bonds. The molecule has 1 aromatic carbocycles. The summed E-state index contributed by atoms with van der Waals surface area (Å²) in [4.78, 5) is 14.2. The number of nitrogens with one attached hydrogen (secondary N) is 2. The third-order valence-corrected chi connectivity index (χ3v) is 4.00. The molecular weight excluding hydrogens is 306 g/mol. The number of carbonyl (C=O) groups excluding carboxylic acids is 1. The fourth-order valence-corrected chi connectivity index (χ4v) is 2.85. The van der Waals surface area contributed by atoms with Crippen LogP contribution in [0.25, 0.3) is 0 Å². The van der Waals surface area contributed by atoms with E-state index in [1.165, 1.54) is 0 Å². The Hall–Kier alpha value is -0.910. The summed E-state index contributed by atoms with van der Waals surface area (Å²) in [7, 11) is 1.97. The van der Waals surface area contributed by atoms with Crippen molar-refractivity contribution in [1.29, 1.82) is 0 Å². The molecule has 1 aliphatic heterocycles. The molecule has 0 aliphatic carbocycles. The molecule has 0 spiro atoms. The van der Waals surface area contributed by atoms with E-state index in [0.717, 1.165) is 35.2 Å². The number of likely N-dealkylation sites (N-methyl/N-ethyl adjacent to an activating group) is 1. The molecule has 0 saturated carbocycles. The number of nitrogens with zero attached hydrogens (tertiary/aromatic N) is 1. The molecule has 0 radical (unpaired) electrons. The van der Waals surface area contributed by atoms with Crippen molar-refractivity contribution in [2.45, 2.75) is 19.4 Å². The number of hydrogen-bond acceptors (Lipinski definition) is 3. The third kappa shape index (κ3) is 4.03. The summed E-state index contributed by atoms with van der Waals surface area (Å²) in [5.41, 5.74) is 1.95. The van der Waals surface area contributed by atoms with Crippen molar-refractivity contribution in [3.05, 3.63) is 28.2 Å². The minimum Gasteiger partial charge on any atom is -0.325 e. The number of rotatable bonds is 4. The van der Waals surface area contributed by atoms with Crippen molar-refractivity contribution in [2.24, 2.45) is 0 Å². The summed E-state index contributed by atoms with van der Waals surface area (Å²) in [6, 6.07) is 6.39. The first-order chi connectivity index (χ1) is 9.08. The second kappa shape index (κ2) is 6.50. The Morgan fingerprint density at radius 2 is 2.32 bits per heavy atom. The van der Waals surface area contributed by atoms with Gasteiger partial charge in [-0.05, 0) is 44.2 Å². The van der Waals surface area contributed by atoms with Gasteiger partial charge in [0.2, 0.25) is 5.91 Å². The number of hydrogen-bond donors (Lipinski definition) is 2. The predicted molar refractivity (Wildman–Crippen MR) is 81.4 cm³/mol. The zero-order chi connectivity index (χ0) is 13.8. The second-order valence-corrected chi connectivity index (χ2v) is 5.93. The highest BCUT2D eigenvalue weighted by Crippen LogP contribution is 2.20. The molecule has 1 fully saturated rings. The second-order valence-electron chi connectivity index (χ2n) is 5.02. The normalized spacial score (nSPS) is 19.6. The Bertz CT molecular complexity index is 464. The van der Waals surface area contributed by atoms with E-state index in [4.69, 9.17) is 0 Å². The molecule has 19 heavy (non-hydrogen) atoms. The van der Waals surface area contributed by atoms with Gasteiger partial charge < -0.3 is 10.6 Å². The summed E-state index contributed by atoms with van der Waals surface area (Å²) in [5, 5.41) is 6.23. The largest absolute Gasteiger partial charge is 0.325 e. The molecule has 0 bridgehead atoms. The third-order valence-electron chi connectivity index (χ3n) is 3.51. The molecule has 2 rings (SSSR count). The van der Waals surface area contributed by atoms with Gasteiger partial charge in [-0.2, -0.15) is 0 Å². The van der Waals surface area contributed by atoms with Crippen LogP contribution >= 0.6 is 15.9 Å². The average molecular weight is 326 g/mol. The maximum absolute atomic E-state index is 12.0. The van der Waals surface area contributed by atoms with Crippen molar-refractivity contribution in [1.82, 2.24) is 10.2 Å². The fraction of sp³-hybridized carbons (Fsp3) is 0.500. The molecule has 1 heterocycles. The van der Waals surface area contributed by atoms with Crippen molar-refractivity contribution < 1.29 is 4.79 Å². The molecule has 1 aliphatic rings. The smallest absolute Gasteiger partial charge is 0.238 e. The van der Waals surface area contributed by atoms with Gasteiger partial charge in [-0.3, -0.25) is 9.69 Å². The van der Waals surface area contributed by atoms with E-state index in [1.54, 1.807) is 0 Å². The first-order valence-corrected chi connectivity index (χ1v) is 7.33. The van der Waals surface area contributed by atoms with Gasteiger partial charge in [0.1, 0.15) is 0 Å². The molecule has 2 N–H and O–H groups in total. The van der Waals surface area contributed by atoms with Gasteiger partial charge >= 0.3 is 0 Å². The van der Waals surface area contributed by atoms with Gasteiger partial charge in [0, 0.05) is 29.3 Å². The highest BCUT2D eigenvalue weighted by molar-refractivity contribution is 9.10. The standard InChI is InChI=1S/C14H20BrN3O/c1-10-7-11(15)3-4-13(10)17-14(19)9-18-6-5-12(8-18)16-2/h3-4,7,12,16H,5-6,8-9H2,1-2H3,(H,17,19). The lowest BCUT2D eigenvalue weighted by Gasteiger charge is -2.16. The number of likely N-dealkylation sites (tertiary alicyclic amines) is 1. The summed E-state index contributed by atoms with van der Waals surface area (Å²) in [6.45, 7) is 4.39. The van der Waals surface area contributed by atoms with Gasteiger partial charge in [-0.25, -0.2) is 0 Å². The van der Waals surface area contributed by atoms with Crippen LogP contribution in [0.3, 0.4) is 0 Å². The van der Waals surface area contributed by atoms with E-state index in [9.17, 15) is 4.79 Å². The van der Waals surface area contributed by atoms with Gasteiger partial charge in [0.15, 0.2) is 0 Å². The van der Waals surface area contributed by atoms with Crippen molar-refractivity contribution >= 4 is 27.5 Å². The van der Waals surface area contributed by atoms with E-state index in [0.29, 0.717) is 12.6 Å². The summed E-state index contributed by atoms with van der Waals surface area (Å²) in [6.07, 6.45) is 1.11. The monoisotopic (exact) mass is 325 g/mol. The van der Waals surface area contributed by atoms with Gasteiger partial charge in [-0.1, -0.05) is 15.9 Å². The lowest BCUT2D eigenvalue weighted by atomic mass is 10.2. The first-order valence-electron chi connectivity index (χ1n) is 6.54. The van der Waals surface area contributed by atoms with E-state index < -0.39 is 0 Å². The predicted octanol–water partition coefficient (Wildman–Crippen LogP) is 1.99. The van der Waals surface area contributed by atoms with Crippen LogP contribution in [-0.4, -0.2) is 43.5 Å². The minimum absolute atomic E-state index is 0.0576. The van der Waals surface area contributed by atoms with Crippen LogP contribution in [0, 0.1) is 6.92 Å². The lowest BCUT2D eigenvalue weighted by molar-refractivity contribution is -0.117. The zero-order valence-corrected chi connectivity index (χ0v) is 13.0. The van der Waals surface area contributed by atoms with E-state index >= 15 is 0 Å². The van der Waals surface area contributed by atoms with Crippen molar-refractivity contribution in [2.75, 3.05) is 32.0 Å². The number of halogens is 1. The van der Waals surface area contributed by atoms with Crippen LogP contribution in [0.1, 0.15) is 12.0 Å². The van der Waals surface area contributed by atoms with E-state index in [-0.39, 0.29) is 5.91 Å². The molecule has 1 unspecified atom stereocenters. The Morgan fingerprint density at radius 3 is 2.95 bits per heavy atom. The molecular formula is C14H20BrN3O. The van der Waals surface area contributed by atoms with Crippen LogP contribution in [-0.2, 0) is 4.79 Å². The minimum atomic E-state index is 0.0576. The molecule has 4 nitrogen and oxygen atoms in total. The Balaban J connectivity index is 1.87. The van der Waals surface area contributed by atoms with E-state index in [1.807, 2.05) is 32.2 Å². The van der Waals surface area contributed by atoms with Crippen LogP contribution in [0.2, 0.25) is 0 Å². The molecule has 0 aromatic heterocycles. The number of benzene rings is 1. The summed E-state index contributed by atoms with van der Waals surface area (Å²) >= 11 is 3.42. The SMILES string of the molecule is CNC1CCN(CC(=O)Nc2ccc(Br)cc2C)C1. The zero-order valence-electron chi connectivity index (χ0n) is 11.4. The molecule has 1 atom stereocenters. The van der Waals surface area contributed by atoms with Crippen LogP contribution < -0.4 is 10.6 Å². The Labute approximate surface area is 122 Å². The quantitative estimate of drug-likeness (QED) is 0.889. The van der Waals surface area contributed by atoms with Crippen molar-refractivity contribution in [3.8, 4) is 0 Å². The summed E-state index contributed by atoms with van der Waals surface area (Å²) in [5.74, 6) is 0.0576. The van der Waals surface area contributed by atoms with Crippen LogP contribution in [0.4, 0.5) is 5.69 Å². The molecule has 1 saturated heterocycles. The lowest BCUT2D eigenvalue weighted by Crippen LogP contribution is -2.34. The highest BCUT2D eigenvalue weighted by atomic mass is 79.9. The van der Waals surface area contributed by atoms with Crippen LogP contribution in [0.15, 0.2) is 22.7 Å². The van der Waals surface area contributed by atoms with Gasteiger partial charge in [0.05, 0.1) is 6.54 Å². The first kappa shape index (κ1) is 14.5. The number of aryl methyl sites for hydroxylation is 1. The maximum Gasteiger partial charge on any atom is 0.238 e. The Morgan fingerprint density at radius 1 is 1.53 bits per heavy atom. The topological polar surface area (TPSA) is 44.4 Å². The van der Waals surface area contributed by atoms with Crippen LogP contribution in [0.5, 0.6) is 0 Å². The van der Waals surface area contributed by atoms with Gasteiger partial charge in [0.25, 0.3) is 0 Å². The van der Waals surface area contributed by atoms with E-state index in [2.05, 4.69) is 31.5 Å². The fourth-order valence-electron chi connectivity index (χ4n) is 2.37. The average Bonchev–Trinajstić information content (AvgIpc) is 2.80. The number of amides is 1. The van der Waals surface area contributed by atoms with Gasteiger partial charge in [-0.15, -0.1) is 0 Å². The summed E-state index contributed by atoms with van der Waals surface area (Å²) < 4.78 is 1.03. The highest BCUT2D eigenvalue weighted by Gasteiger charge is 2.22. The van der Waals surface area contributed by atoms with Crippen molar-refractivity contribution in [3.63, 3.8) is 0 Å². The Kier molecular flexibility index (Phi) is 4.96. The maximum atomic E-state index is 12.0. The molecule has 5 heteroatoms.